The van der Waals surface area contributed by atoms with Gasteiger partial charge in [0.1, 0.15) is 0 Å². The highest BCUT2D eigenvalue weighted by atomic mass is 32.2. The number of aliphatic hydroxyl groups excluding tert-OH is 1. The van der Waals surface area contributed by atoms with Gasteiger partial charge in [0.15, 0.2) is 11.5 Å². The van der Waals surface area contributed by atoms with Crippen LogP contribution in [0.2, 0.25) is 0 Å². The molecular weight excluding hydrogens is 238 g/mol. The van der Waals surface area contributed by atoms with Gasteiger partial charge in [0, 0.05) is 11.4 Å². The fraction of sp³-hybridized carbons (Fsp3) is 0.500. The molecule has 0 radical (unpaired) electrons. The lowest BCUT2D eigenvalue weighted by Gasteiger charge is -2.17. The Kier molecular flexibility index (Phi) is 5.61. The van der Waals surface area contributed by atoms with Gasteiger partial charge in [0.05, 0.1) is 20.3 Å². The Balaban J connectivity index is 3.18. The first-order valence-corrected chi connectivity index (χ1v) is 6.53. The van der Waals surface area contributed by atoms with Crippen LogP contribution in [-0.2, 0) is 0 Å². The van der Waals surface area contributed by atoms with E-state index >= 15 is 0 Å². The van der Waals surface area contributed by atoms with Crippen molar-refractivity contribution in [1.29, 1.82) is 0 Å². The molecule has 0 saturated heterocycles. The zero-order valence-electron chi connectivity index (χ0n) is 10.6. The van der Waals surface area contributed by atoms with E-state index in [2.05, 4.69) is 5.32 Å². The molecular formula is C12H19NO3S. The summed E-state index contributed by atoms with van der Waals surface area (Å²) in [6, 6.07) is 3.71. The normalized spacial score (nSPS) is 12.3. The standard InChI is InChI=1S/C12H19NO3S/c1-13-7-9(14)8-5-10(15-2)11(16-3)6-12(8)17-4/h5-6,9,13-14H,7H2,1-4H3. The zero-order valence-corrected chi connectivity index (χ0v) is 11.4. The molecule has 1 aromatic carbocycles. The molecule has 96 valence electrons. The van der Waals surface area contributed by atoms with E-state index in [0.29, 0.717) is 18.0 Å². The molecule has 4 nitrogen and oxygen atoms in total. The second kappa shape index (κ2) is 6.74. The molecule has 0 heterocycles. The van der Waals surface area contributed by atoms with Gasteiger partial charge in [-0.05, 0) is 31.0 Å². The number of hydrogen-bond acceptors (Lipinski definition) is 5. The molecule has 0 spiro atoms. The van der Waals surface area contributed by atoms with Gasteiger partial charge >= 0.3 is 0 Å². The number of nitrogens with one attached hydrogen (secondary N) is 1. The minimum absolute atomic E-state index is 0.503. The highest BCUT2D eigenvalue weighted by Gasteiger charge is 2.16. The summed E-state index contributed by atoms with van der Waals surface area (Å²) in [6.07, 6.45) is 1.42. The number of methoxy groups -OCH3 is 2. The number of benzene rings is 1. The SMILES string of the molecule is CNCC(O)c1cc(OC)c(OC)cc1SC. The third kappa shape index (κ3) is 3.28. The van der Waals surface area contributed by atoms with Gasteiger partial charge in [-0.15, -0.1) is 11.8 Å². The van der Waals surface area contributed by atoms with E-state index in [1.165, 1.54) is 0 Å². The molecule has 0 fully saturated rings. The smallest absolute Gasteiger partial charge is 0.161 e. The van der Waals surface area contributed by atoms with Crippen LogP contribution in [0.5, 0.6) is 11.5 Å². The number of hydrogen-bond donors (Lipinski definition) is 2. The Labute approximate surface area is 106 Å². The minimum atomic E-state index is -0.553. The molecule has 0 bridgehead atoms. The third-order valence-corrected chi connectivity index (χ3v) is 3.29. The maximum atomic E-state index is 10.0. The summed E-state index contributed by atoms with van der Waals surface area (Å²) in [7, 11) is 5.00. The van der Waals surface area contributed by atoms with Crippen molar-refractivity contribution < 1.29 is 14.6 Å². The molecule has 1 rings (SSSR count). The predicted octanol–water partition coefficient (Wildman–Crippen LogP) is 1.68. The van der Waals surface area contributed by atoms with Crippen molar-refractivity contribution in [3.05, 3.63) is 17.7 Å². The average Bonchev–Trinajstić information content (AvgIpc) is 2.37. The summed E-state index contributed by atoms with van der Waals surface area (Å²) in [4.78, 5) is 0.991. The van der Waals surface area contributed by atoms with Crippen molar-refractivity contribution in [1.82, 2.24) is 5.32 Å². The van der Waals surface area contributed by atoms with E-state index in [1.54, 1.807) is 26.0 Å². The van der Waals surface area contributed by atoms with Crippen LogP contribution in [0.15, 0.2) is 17.0 Å². The quantitative estimate of drug-likeness (QED) is 0.759. The van der Waals surface area contributed by atoms with Crippen LogP contribution in [-0.4, -0.2) is 39.2 Å². The van der Waals surface area contributed by atoms with Crippen LogP contribution in [0.1, 0.15) is 11.7 Å². The number of likely N-dealkylation sites (N-methyl/N-ethyl adjacent to an activating group) is 1. The van der Waals surface area contributed by atoms with E-state index in [9.17, 15) is 5.11 Å². The maximum Gasteiger partial charge on any atom is 0.161 e. The van der Waals surface area contributed by atoms with E-state index in [4.69, 9.17) is 9.47 Å². The van der Waals surface area contributed by atoms with Crippen LogP contribution in [0, 0.1) is 0 Å². The fourth-order valence-corrected chi connectivity index (χ4v) is 2.27. The fourth-order valence-electron chi connectivity index (χ4n) is 1.62. The zero-order chi connectivity index (χ0) is 12.8. The lowest BCUT2D eigenvalue weighted by Crippen LogP contribution is -2.17. The summed E-state index contributed by atoms with van der Waals surface area (Å²) in [5.41, 5.74) is 0.851. The van der Waals surface area contributed by atoms with Crippen molar-refractivity contribution in [2.75, 3.05) is 34.1 Å². The molecule has 5 heteroatoms. The lowest BCUT2D eigenvalue weighted by atomic mass is 10.1. The van der Waals surface area contributed by atoms with Crippen molar-refractivity contribution in [2.45, 2.75) is 11.0 Å². The lowest BCUT2D eigenvalue weighted by molar-refractivity contribution is 0.174. The maximum absolute atomic E-state index is 10.0. The average molecular weight is 257 g/mol. The molecule has 0 aromatic heterocycles. The van der Waals surface area contributed by atoms with Crippen molar-refractivity contribution >= 4 is 11.8 Å². The number of thioether (sulfide) groups is 1. The molecule has 2 N–H and O–H groups in total. The monoisotopic (exact) mass is 257 g/mol. The molecule has 0 saturated carbocycles. The van der Waals surface area contributed by atoms with E-state index in [0.717, 1.165) is 10.5 Å². The Morgan fingerprint density at radius 3 is 2.35 bits per heavy atom. The van der Waals surface area contributed by atoms with Gasteiger partial charge in [-0.3, -0.25) is 0 Å². The molecule has 1 unspecified atom stereocenters. The largest absolute Gasteiger partial charge is 0.493 e. The summed E-state index contributed by atoms with van der Waals surface area (Å²) in [5, 5.41) is 13.0. The predicted molar refractivity (Wildman–Crippen MR) is 70.2 cm³/mol. The molecule has 0 amide bonds. The second-order valence-corrected chi connectivity index (χ2v) is 4.37. The summed E-state index contributed by atoms with van der Waals surface area (Å²) < 4.78 is 10.5. The summed E-state index contributed by atoms with van der Waals surface area (Å²) in [5.74, 6) is 1.31. The van der Waals surface area contributed by atoms with Crippen LogP contribution in [0.25, 0.3) is 0 Å². The first-order chi connectivity index (χ1) is 8.17. The topological polar surface area (TPSA) is 50.7 Å². The Hall–Kier alpha value is -0.910. The van der Waals surface area contributed by atoms with Crippen molar-refractivity contribution in [2.24, 2.45) is 0 Å². The number of aliphatic hydroxyl groups is 1. The molecule has 0 aliphatic carbocycles. The number of ether oxygens (including phenoxy) is 2. The van der Waals surface area contributed by atoms with Crippen LogP contribution < -0.4 is 14.8 Å². The first-order valence-electron chi connectivity index (χ1n) is 5.30. The number of rotatable bonds is 6. The van der Waals surface area contributed by atoms with Gasteiger partial charge in [-0.1, -0.05) is 0 Å². The highest BCUT2D eigenvalue weighted by molar-refractivity contribution is 7.98. The molecule has 1 aromatic rings. The molecule has 1 atom stereocenters. The van der Waals surface area contributed by atoms with Gasteiger partial charge < -0.3 is 19.9 Å². The molecule has 0 aliphatic heterocycles. The molecule has 0 aliphatic rings. The van der Waals surface area contributed by atoms with Crippen LogP contribution in [0.3, 0.4) is 0 Å². The summed E-state index contributed by atoms with van der Waals surface area (Å²) in [6.45, 7) is 0.503. The van der Waals surface area contributed by atoms with Crippen molar-refractivity contribution in [3.63, 3.8) is 0 Å². The van der Waals surface area contributed by atoms with Gasteiger partial charge in [0.25, 0.3) is 0 Å². The van der Waals surface area contributed by atoms with Gasteiger partial charge in [-0.2, -0.15) is 0 Å². The second-order valence-electron chi connectivity index (χ2n) is 3.52. The third-order valence-electron chi connectivity index (χ3n) is 2.49. The molecule has 17 heavy (non-hydrogen) atoms. The van der Waals surface area contributed by atoms with Gasteiger partial charge in [0.2, 0.25) is 0 Å². The van der Waals surface area contributed by atoms with Crippen molar-refractivity contribution in [3.8, 4) is 11.5 Å². The highest BCUT2D eigenvalue weighted by Crippen LogP contribution is 2.37. The minimum Gasteiger partial charge on any atom is -0.493 e. The Bertz CT molecular complexity index is 371. The van der Waals surface area contributed by atoms with Gasteiger partial charge in [-0.25, -0.2) is 0 Å². The van der Waals surface area contributed by atoms with Crippen LogP contribution >= 0.6 is 11.8 Å². The van der Waals surface area contributed by atoms with Crippen LogP contribution in [0.4, 0.5) is 0 Å². The first kappa shape index (κ1) is 14.2. The Morgan fingerprint density at radius 2 is 1.88 bits per heavy atom. The summed E-state index contributed by atoms with van der Waals surface area (Å²) >= 11 is 1.58. The Morgan fingerprint density at radius 1 is 1.29 bits per heavy atom. The van der Waals surface area contributed by atoms with E-state index in [1.807, 2.05) is 25.4 Å². The van der Waals surface area contributed by atoms with E-state index < -0.39 is 6.10 Å². The van der Waals surface area contributed by atoms with E-state index in [-0.39, 0.29) is 0 Å².